The summed E-state index contributed by atoms with van der Waals surface area (Å²) in [7, 11) is 1.62. The highest BCUT2D eigenvalue weighted by atomic mass is 19.1. The molecule has 0 amide bonds. The van der Waals surface area contributed by atoms with E-state index in [0.29, 0.717) is 18.4 Å². The van der Waals surface area contributed by atoms with Crippen molar-refractivity contribution in [3.63, 3.8) is 0 Å². The van der Waals surface area contributed by atoms with Gasteiger partial charge >= 0.3 is 0 Å². The van der Waals surface area contributed by atoms with Gasteiger partial charge in [-0.3, -0.25) is 0 Å². The number of benzene rings is 2. The minimum atomic E-state index is -0.138. The van der Waals surface area contributed by atoms with Gasteiger partial charge in [0.05, 0.1) is 7.11 Å². The summed E-state index contributed by atoms with van der Waals surface area (Å²) in [5, 5.41) is 9.00. The van der Waals surface area contributed by atoms with Gasteiger partial charge in [-0.1, -0.05) is 24.6 Å². The van der Waals surface area contributed by atoms with Crippen LogP contribution >= 0.6 is 0 Å². The highest BCUT2D eigenvalue weighted by molar-refractivity contribution is 5.36. The maximum atomic E-state index is 14.1. The molecule has 0 spiro atoms. The van der Waals surface area contributed by atoms with Crippen LogP contribution in [0.4, 0.5) is 4.39 Å². The lowest BCUT2D eigenvalue weighted by molar-refractivity contribution is 0.281. The van der Waals surface area contributed by atoms with E-state index in [1.165, 1.54) is 22.8 Å². The maximum Gasteiger partial charge on any atom is 0.126 e. The van der Waals surface area contributed by atoms with E-state index in [1.807, 2.05) is 6.07 Å². The molecule has 3 N–H and O–H groups in total. The number of aliphatic hydroxyl groups excluding tert-OH is 1. The first kappa shape index (κ1) is 21.8. The fourth-order valence-electron chi connectivity index (χ4n) is 4.50. The van der Waals surface area contributed by atoms with Gasteiger partial charge in [-0.05, 0) is 104 Å². The minimum Gasteiger partial charge on any atom is -0.497 e. The Hall–Kier alpha value is -1.91. The standard InChI is InChI=1S/C25H34FNO2/c1-29-24-11-12-25(26)22(16-24)8-6-18-5-7-20-15-21(10-9-19(20)14-18)23(17-27)4-2-3-13-28/h9-12,15-16,18,23,28H,2-8,13-14,17,27H2,1H3/t18-,23-/m0/s1. The van der Waals surface area contributed by atoms with Crippen LogP contribution in [0.2, 0.25) is 0 Å². The summed E-state index contributed by atoms with van der Waals surface area (Å²) in [6, 6.07) is 11.9. The minimum absolute atomic E-state index is 0.138. The number of nitrogens with two attached hydrogens (primary N) is 1. The SMILES string of the molecule is COc1ccc(F)c(CC[C@@H]2CCc3cc([C@H](CN)CCCCO)ccc3C2)c1. The number of methoxy groups -OCH3 is 1. The topological polar surface area (TPSA) is 55.5 Å². The average Bonchev–Trinajstić information content (AvgIpc) is 2.76. The Morgan fingerprint density at radius 3 is 2.79 bits per heavy atom. The van der Waals surface area contributed by atoms with Gasteiger partial charge < -0.3 is 15.6 Å². The van der Waals surface area contributed by atoms with Crippen molar-refractivity contribution in [3.8, 4) is 5.75 Å². The molecule has 0 radical (unpaired) electrons. The zero-order valence-corrected chi connectivity index (χ0v) is 17.5. The quantitative estimate of drug-likeness (QED) is 0.566. The highest BCUT2D eigenvalue weighted by Crippen LogP contribution is 2.32. The zero-order chi connectivity index (χ0) is 20.6. The summed E-state index contributed by atoms with van der Waals surface area (Å²) < 4.78 is 19.3. The third-order valence-electron chi connectivity index (χ3n) is 6.35. The highest BCUT2D eigenvalue weighted by Gasteiger charge is 2.21. The smallest absolute Gasteiger partial charge is 0.126 e. The average molecular weight is 400 g/mol. The Balaban J connectivity index is 1.60. The lowest BCUT2D eigenvalue weighted by Crippen LogP contribution is -2.17. The number of unbranched alkanes of at least 4 members (excludes halogenated alkanes) is 1. The fourth-order valence-corrected chi connectivity index (χ4v) is 4.50. The summed E-state index contributed by atoms with van der Waals surface area (Å²) in [6.45, 7) is 0.904. The van der Waals surface area contributed by atoms with Gasteiger partial charge in [0.1, 0.15) is 11.6 Å². The Kier molecular flexibility index (Phi) is 8.08. The van der Waals surface area contributed by atoms with Crippen LogP contribution in [-0.4, -0.2) is 25.4 Å². The van der Waals surface area contributed by atoms with E-state index < -0.39 is 0 Å². The largest absolute Gasteiger partial charge is 0.497 e. The predicted molar refractivity (Wildman–Crippen MR) is 116 cm³/mol. The van der Waals surface area contributed by atoms with Crippen molar-refractivity contribution >= 4 is 0 Å². The molecule has 0 saturated heterocycles. The van der Waals surface area contributed by atoms with Crippen molar-refractivity contribution in [1.29, 1.82) is 0 Å². The number of aliphatic hydroxyl groups is 1. The van der Waals surface area contributed by atoms with Crippen LogP contribution in [0.1, 0.15) is 60.3 Å². The van der Waals surface area contributed by atoms with Gasteiger partial charge in [0, 0.05) is 6.61 Å². The number of fused-ring (bicyclic) bond motifs is 1. The van der Waals surface area contributed by atoms with Crippen molar-refractivity contribution in [2.75, 3.05) is 20.3 Å². The zero-order valence-electron chi connectivity index (χ0n) is 17.5. The van der Waals surface area contributed by atoms with Gasteiger partial charge in [-0.2, -0.15) is 0 Å². The molecule has 1 aliphatic carbocycles. The third kappa shape index (κ3) is 5.80. The first-order valence-corrected chi connectivity index (χ1v) is 10.9. The number of rotatable bonds is 10. The van der Waals surface area contributed by atoms with E-state index in [0.717, 1.165) is 62.7 Å². The molecule has 4 heteroatoms. The summed E-state index contributed by atoms with van der Waals surface area (Å²) in [5.41, 5.74) is 11.0. The summed E-state index contributed by atoms with van der Waals surface area (Å²) in [5.74, 6) is 1.55. The second-order valence-corrected chi connectivity index (χ2v) is 8.29. The van der Waals surface area contributed by atoms with E-state index in [9.17, 15) is 4.39 Å². The van der Waals surface area contributed by atoms with Crippen molar-refractivity contribution in [2.24, 2.45) is 11.7 Å². The van der Waals surface area contributed by atoms with Crippen molar-refractivity contribution in [1.82, 2.24) is 0 Å². The predicted octanol–water partition coefficient (Wildman–Crippen LogP) is 4.78. The molecule has 3 rings (SSSR count). The van der Waals surface area contributed by atoms with Crippen molar-refractivity contribution in [2.45, 2.75) is 57.3 Å². The van der Waals surface area contributed by atoms with Gasteiger partial charge in [-0.25, -0.2) is 4.39 Å². The molecule has 0 saturated carbocycles. The molecule has 158 valence electrons. The normalized spacial score (nSPS) is 17.0. The van der Waals surface area contributed by atoms with Crippen LogP contribution in [0, 0.1) is 11.7 Å². The van der Waals surface area contributed by atoms with Crippen LogP contribution in [0.15, 0.2) is 36.4 Å². The van der Waals surface area contributed by atoms with Crippen molar-refractivity contribution in [3.05, 3.63) is 64.5 Å². The summed E-state index contributed by atoms with van der Waals surface area (Å²) >= 11 is 0. The Morgan fingerprint density at radius 2 is 2.03 bits per heavy atom. The molecule has 29 heavy (non-hydrogen) atoms. The van der Waals surface area contributed by atoms with E-state index in [-0.39, 0.29) is 12.4 Å². The van der Waals surface area contributed by atoms with Crippen LogP contribution in [0.3, 0.4) is 0 Å². The van der Waals surface area contributed by atoms with Gasteiger partial charge in [0.2, 0.25) is 0 Å². The van der Waals surface area contributed by atoms with E-state index >= 15 is 0 Å². The first-order chi connectivity index (χ1) is 14.1. The molecule has 2 aromatic rings. The van der Waals surface area contributed by atoms with E-state index in [2.05, 4.69) is 18.2 Å². The lowest BCUT2D eigenvalue weighted by Gasteiger charge is -2.26. The second kappa shape index (κ2) is 10.7. The molecule has 1 aliphatic rings. The molecule has 2 atom stereocenters. The molecule has 0 aromatic heterocycles. The molecule has 0 heterocycles. The van der Waals surface area contributed by atoms with Crippen LogP contribution < -0.4 is 10.5 Å². The number of hydrogen-bond donors (Lipinski definition) is 2. The number of ether oxygens (including phenoxy) is 1. The van der Waals surface area contributed by atoms with E-state index in [1.54, 1.807) is 13.2 Å². The van der Waals surface area contributed by atoms with Crippen LogP contribution in [-0.2, 0) is 19.3 Å². The number of hydrogen-bond acceptors (Lipinski definition) is 3. The molecule has 2 aromatic carbocycles. The molecular weight excluding hydrogens is 365 g/mol. The number of aryl methyl sites for hydroxylation is 2. The molecular formula is C25H34FNO2. The molecule has 0 bridgehead atoms. The third-order valence-corrected chi connectivity index (χ3v) is 6.35. The lowest BCUT2D eigenvalue weighted by atomic mass is 9.79. The fraction of sp³-hybridized carbons (Fsp3) is 0.520. The van der Waals surface area contributed by atoms with Gasteiger partial charge in [0.25, 0.3) is 0 Å². The van der Waals surface area contributed by atoms with Crippen LogP contribution in [0.25, 0.3) is 0 Å². The van der Waals surface area contributed by atoms with E-state index in [4.69, 9.17) is 15.6 Å². The molecule has 0 fully saturated rings. The monoisotopic (exact) mass is 399 g/mol. The first-order valence-electron chi connectivity index (χ1n) is 10.9. The van der Waals surface area contributed by atoms with Crippen molar-refractivity contribution < 1.29 is 14.2 Å². The molecule has 3 nitrogen and oxygen atoms in total. The summed E-state index contributed by atoms with van der Waals surface area (Å²) in [6.07, 6.45) is 7.94. The van der Waals surface area contributed by atoms with Gasteiger partial charge in [0.15, 0.2) is 0 Å². The molecule has 0 unspecified atom stereocenters. The Morgan fingerprint density at radius 1 is 1.17 bits per heavy atom. The molecule has 0 aliphatic heterocycles. The maximum absolute atomic E-state index is 14.1. The number of halogens is 1. The summed E-state index contributed by atoms with van der Waals surface area (Å²) in [4.78, 5) is 0. The van der Waals surface area contributed by atoms with Gasteiger partial charge in [-0.15, -0.1) is 0 Å². The Labute approximate surface area is 174 Å². The van der Waals surface area contributed by atoms with Crippen LogP contribution in [0.5, 0.6) is 5.75 Å². The second-order valence-electron chi connectivity index (χ2n) is 8.29. The Bertz CT molecular complexity index is 792.